The fourth-order valence-electron chi connectivity index (χ4n) is 2.80. The van der Waals surface area contributed by atoms with E-state index in [1.165, 1.54) is 29.2 Å². The Hall–Kier alpha value is -2.57. The van der Waals surface area contributed by atoms with Crippen molar-refractivity contribution in [3.05, 3.63) is 59.9 Å². The van der Waals surface area contributed by atoms with E-state index in [1.54, 1.807) is 12.1 Å². The Bertz CT molecular complexity index is 743. The van der Waals surface area contributed by atoms with E-state index in [4.69, 9.17) is 0 Å². The molecule has 0 aliphatic carbocycles. The van der Waals surface area contributed by atoms with Crippen LogP contribution in [0, 0.1) is 5.82 Å². The molecule has 0 N–H and O–H groups in total. The van der Waals surface area contributed by atoms with Gasteiger partial charge >= 0.3 is 6.36 Å². The predicted octanol–water partition coefficient (Wildman–Crippen LogP) is 4.24. The van der Waals surface area contributed by atoms with E-state index < -0.39 is 18.1 Å². The molecule has 1 amide bonds. The summed E-state index contributed by atoms with van der Waals surface area (Å²) in [7, 11) is 0. The molecule has 2 aromatic rings. The van der Waals surface area contributed by atoms with Gasteiger partial charge in [-0.3, -0.25) is 4.79 Å². The Kier molecular flexibility index (Phi) is 4.17. The molecule has 1 fully saturated rings. The van der Waals surface area contributed by atoms with E-state index in [0.29, 0.717) is 24.2 Å². The summed E-state index contributed by atoms with van der Waals surface area (Å²) in [6, 6.07) is 11.0. The number of amides is 1. The number of benzene rings is 2. The van der Waals surface area contributed by atoms with Crippen molar-refractivity contribution in [2.24, 2.45) is 0 Å². The maximum absolute atomic E-state index is 13.3. The van der Waals surface area contributed by atoms with Crippen molar-refractivity contribution < 1.29 is 27.1 Å². The summed E-state index contributed by atoms with van der Waals surface area (Å²) in [5.74, 6) is -1.41. The van der Waals surface area contributed by atoms with Crippen LogP contribution < -0.4 is 9.64 Å². The summed E-state index contributed by atoms with van der Waals surface area (Å²) in [5, 5.41) is 0. The van der Waals surface area contributed by atoms with Gasteiger partial charge in [-0.05, 0) is 48.4 Å². The van der Waals surface area contributed by atoms with Gasteiger partial charge < -0.3 is 9.64 Å². The molecule has 126 valence electrons. The number of anilines is 1. The molecule has 1 heterocycles. The second-order valence-electron chi connectivity index (χ2n) is 5.43. The maximum Gasteiger partial charge on any atom is 0.573 e. The molecule has 0 radical (unpaired) electrons. The molecule has 2 aromatic carbocycles. The molecule has 24 heavy (non-hydrogen) atoms. The van der Waals surface area contributed by atoms with Crippen molar-refractivity contribution in [2.75, 3.05) is 11.4 Å². The van der Waals surface area contributed by atoms with E-state index in [1.807, 2.05) is 0 Å². The minimum absolute atomic E-state index is 0.204. The SMILES string of the molecule is O=C1C(c2cccc(F)c2)CCN1c1ccc(OC(F)(F)F)cc1. The van der Waals surface area contributed by atoms with Crippen LogP contribution in [0.3, 0.4) is 0 Å². The number of hydrogen-bond acceptors (Lipinski definition) is 2. The minimum atomic E-state index is -4.76. The van der Waals surface area contributed by atoms with Gasteiger partial charge in [-0.1, -0.05) is 12.1 Å². The van der Waals surface area contributed by atoms with Crippen LogP contribution in [0.25, 0.3) is 0 Å². The highest BCUT2D eigenvalue weighted by Gasteiger charge is 2.34. The number of rotatable bonds is 3. The van der Waals surface area contributed by atoms with E-state index in [9.17, 15) is 22.4 Å². The number of ether oxygens (including phenoxy) is 1. The third-order valence-corrected chi connectivity index (χ3v) is 3.84. The van der Waals surface area contributed by atoms with E-state index in [2.05, 4.69) is 4.74 Å². The van der Waals surface area contributed by atoms with Gasteiger partial charge in [-0.15, -0.1) is 13.2 Å². The molecule has 0 spiro atoms. The van der Waals surface area contributed by atoms with Crippen LogP contribution in [0.1, 0.15) is 17.9 Å². The first-order chi connectivity index (χ1) is 11.3. The van der Waals surface area contributed by atoms with Crippen LogP contribution in [-0.4, -0.2) is 18.8 Å². The van der Waals surface area contributed by atoms with Crippen LogP contribution in [-0.2, 0) is 4.79 Å². The minimum Gasteiger partial charge on any atom is -0.406 e. The molecule has 7 heteroatoms. The number of alkyl halides is 3. The Morgan fingerprint density at radius 2 is 1.79 bits per heavy atom. The van der Waals surface area contributed by atoms with Gasteiger partial charge in [0.2, 0.25) is 5.91 Å². The van der Waals surface area contributed by atoms with Gasteiger partial charge in [0.25, 0.3) is 0 Å². The molecular weight excluding hydrogens is 326 g/mol. The van der Waals surface area contributed by atoms with Gasteiger partial charge in [0.15, 0.2) is 0 Å². The van der Waals surface area contributed by atoms with Crippen LogP contribution in [0.4, 0.5) is 23.2 Å². The predicted molar refractivity (Wildman–Crippen MR) is 79.2 cm³/mol. The lowest BCUT2D eigenvalue weighted by Crippen LogP contribution is -2.26. The molecule has 3 rings (SSSR count). The standard InChI is InChI=1S/C17H13F4NO2/c18-12-3-1-2-11(10-12)15-8-9-22(16(15)23)13-4-6-14(7-5-13)24-17(19,20)21/h1-7,10,15H,8-9H2. The van der Waals surface area contributed by atoms with Gasteiger partial charge in [0, 0.05) is 12.2 Å². The van der Waals surface area contributed by atoms with Gasteiger partial charge in [-0.2, -0.15) is 0 Å². The lowest BCUT2D eigenvalue weighted by molar-refractivity contribution is -0.274. The van der Waals surface area contributed by atoms with Crippen LogP contribution in [0.2, 0.25) is 0 Å². The largest absolute Gasteiger partial charge is 0.573 e. The van der Waals surface area contributed by atoms with Gasteiger partial charge in [-0.25, -0.2) is 4.39 Å². The van der Waals surface area contributed by atoms with E-state index in [0.717, 1.165) is 12.1 Å². The zero-order chi connectivity index (χ0) is 17.3. The third kappa shape index (κ3) is 3.50. The normalized spacial score (nSPS) is 18.1. The van der Waals surface area contributed by atoms with Crippen molar-refractivity contribution >= 4 is 11.6 Å². The molecular formula is C17H13F4NO2. The van der Waals surface area contributed by atoms with Crippen LogP contribution in [0.5, 0.6) is 5.75 Å². The monoisotopic (exact) mass is 339 g/mol. The second-order valence-corrected chi connectivity index (χ2v) is 5.43. The van der Waals surface area contributed by atoms with Crippen LogP contribution in [0.15, 0.2) is 48.5 Å². The molecule has 1 atom stereocenters. The molecule has 0 aromatic heterocycles. The summed E-state index contributed by atoms with van der Waals surface area (Å²) in [6.45, 7) is 0.416. The van der Waals surface area contributed by atoms with Crippen molar-refractivity contribution in [3.8, 4) is 5.75 Å². The van der Waals surface area contributed by atoms with Gasteiger partial charge in [0.1, 0.15) is 11.6 Å². The van der Waals surface area contributed by atoms with E-state index >= 15 is 0 Å². The number of halogens is 4. The van der Waals surface area contributed by atoms with Crippen molar-refractivity contribution in [1.29, 1.82) is 0 Å². The summed E-state index contributed by atoms with van der Waals surface area (Å²) < 4.78 is 53.6. The summed E-state index contributed by atoms with van der Waals surface area (Å²) in [4.78, 5) is 14.0. The number of nitrogens with zero attached hydrogens (tertiary/aromatic N) is 1. The Balaban J connectivity index is 1.75. The number of carbonyl (C=O) groups excluding carboxylic acids is 1. The zero-order valence-corrected chi connectivity index (χ0v) is 12.4. The number of carbonyl (C=O) groups is 1. The molecule has 1 aliphatic heterocycles. The topological polar surface area (TPSA) is 29.5 Å². The molecule has 1 aliphatic rings. The first kappa shape index (κ1) is 16.3. The van der Waals surface area contributed by atoms with Crippen molar-refractivity contribution in [3.63, 3.8) is 0 Å². The highest BCUT2D eigenvalue weighted by atomic mass is 19.4. The molecule has 3 nitrogen and oxygen atoms in total. The quantitative estimate of drug-likeness (QED) is 0.783. The number of hydrogen-bond donors (Lipinski definition) is 0. The molecule has 1 saturated heterocycles. The average molecular weight is 339 g/mol. The first-order valence-corrected chi connectivity index (χ1v) is 7.26. The first-order valence-electron chi connectivity index (χ1n) is 7.26. The van der Waals surface area contributed by atoms with E-state index in [-0.39, 0.29) is 11.7 Å². The Labute approximate surface area is 135 Å². The lowest BCUT2D eigenvalue weighted by Gasteiger charge is -2.18. The lowest BCUT2D eigenvalue weighted by atomic mass is 9.98. The summed E-state index contributed by atoms with van der Waals surface area (Å²) >= 11 is 0. The summed E-state index contributed by atoms with van der Waals surface area (Å²) in [6.07, 6.45) is -4.24. The fourth-order valence-corrected chi connectivity index (χ4v) is 2.80. The summed E-state index contributed by atoms with van der Waals surface area (Å²) in [5.41, 5.74) is 1.08. The van der Waals surface area contributed by atoms with Crippen molar-refractivity contribution in [1.82, 2.24) is 0 Å². The highest BCUT2D eigenvalue weighted by molar-refractivity contribution is 6.00. The average Bonchev–Trinajstić information content (AvgIpc) is 2.88. The zero-order valence-electron chi connectivity index (χ0n) is 12.4. The Morgan fingerprint density at radius 3 is 2.42 bits per heavy atom. The second kappa shape index (κ2) is 6.14. The van der Waals surface area contributed by atoms with Crippen LogP contribution >= 0.6 is 0 Å². The van der Waals surface area contributed by atoms with Crippen molar-refractivity contribution in [2.45, 2.75) is 18.7 Å². The fraction of sp³-hybridized carbons (Fsp3) is 0.235. The smallest absolute Gasteiger partial charge is 0.406 e. The maximum atomic E-state index is 13.3. The highest BCUT2D eigenvalue weighted by Crippen LogP contribution is 2.33. The van der Waals surface area contributed by atoms with Gasteiger partial charge in [0.05, 0.1) is 5.92 Å². The third-order valence-electron chi connectivity index (χ3n) is 3.84. The molecule has 0 bridgehead atoms. The molecule has 1 unspecified atom stereocenters. The molecule has 0 saturated carbocycles. The Morgan fingerprint density at radius 1 is 1.08 bits per heavy atom.